The van der Waals surface area contributed by atoms with Gasteiger partial charge in [0.25, 0.3) is 5.89 Å². The van der Waals surface area contributed by atoms with Gasteiger partial charge in [0.15, 0.2) is 5.82 Å². The first-order valence-corrected chi connectivity index (χ1v) is 6.62. The molecule has 1 unspecified atom stereocenters. The van der Waals surface area contributed by atoms with Gasteiger partial charge in [-0.2, -0.15) is 4.98 Å². The molecule has 4 nitrogen and oxygen atoms in total. The molecule has 3 rings (SSSR count). The minimum Gasteiger partial charge on any atom is -0.334 e. The molecule has 1 aliphatic heterocycles. The normalized spacial score (nSPS) is 19.6. The predicted octanol–water partition coefficient (Wildman–Crippen LogP) is 3.00. The maximum Gasteiger partial charge on any atom is 0.259 e. The topological polar surface area (TPSA) is 51.0 Å². The number of piperidine rings is 1. The van der Waals surface area contributed by atoms with Crippen molar-refractivity contribution in [2.24, 2.45) is 0 Å². The van der Waals surface area contributed by atoms with E-state index in [2.05, 4.69) is 15.5 Å². The summed E-state index contributed by atoms with van der Waals surface area (Å²) in [6.45, 7) is 1.87. The maximum atomic E-state index is 13.4. The first-order chi connectivity index (χ1) is 9.25. The summed E-state index contributed by atoms with van der Waals surface area (Å²) in [4.78, 5) is 4.34. The van der Waals surface area contributed by atoms with E-state index in [1.165, 1.54) is 6.07 Å². The fraction of sp³-hybridized carbons (Fsp3) is 0.385. The number of halogens is 2. The summed E-state index contributed by atoms with van der Waals surface area (Å²) < 4.78 is 18.6. The van der Waals surface area contributed by atoms with Crippen LogP contribution in [0.15, 0.2) is 22.7 Å². The van der Waals surface area contributed by atoms with Gasteiger partial charge >= 0.3 is 0 Å². The summed E-state index contributed by atoms with van der Waals surface area (Å²) in [6.07, 6.45) is 2.12. The quantitative estimate of drug-likeness (QED) is 0.919. The van der Waals surface area contributed by atoms with Crippen molar-refractivity contribution in [3.63, 3.8) is 0 Å². The molecule has 0 bridgehead atoms. The summed E-state index contributed by atoms with van der Waals surface area (Å²) >= 11 is 5.91. The Hall–Kier alpha value is -1.46. The van der Waals surface area contributed by atoms with E-state index in [9.17, 15) is 4.39 Å². The van der Waals surface area contributed by atoms with Crippen molar-refractivity contribution >= 4 is 11.6 Å². The lowest BCUT2D eigenvalue weighted by molar-refractivity contribution is 0.393. The van der Waals surface area contributed by atoms with Crippen molar-refractivity contribution in [1.82, 2.24) is 15.5 Å². The van der Waals surface area contributed by atoms with Gasteiger partial charge in [-0.25, -0.2) is 4.39 Å². The lowest BCUT2D eigenvalue weighted by Crippen LogP contribution is -2.28. The maximum absolute atomic E-state index is 13.4. The van der Waals surface area contributed by atoms with Crippen LogP contribution >= 0.6 is 11.6 Å². The first kappa shape index (κ1) is 12.6. The number of nitrogens with zero attached hydrogens (tertiary/aromatic N) is 2. The van der Waals surface area contributed by atoms with Crippen molar-refractivity contribution in [2.75, 3.05) is 13.1 Å². The van der Waals surface area contributed by atoms with E-state index in [1.54, 1.807) is 12.1 Å². The Kier molecular flexibility index (Phi) is 3.48. The van der Waals surface area contributed by atoms with Crippen LogP contribution in [-0.4, -0.2) is 23.2 Å². The highest BCUT2D eigenvalue weighted by Crippen LogP contribution is 2.30. The molecular formula is C13H13ClFN3O. The van der Waals surface area contributed by atoms with Crippen LogP contribution in [0.5, 0.6) is 0 Å². The minimum absolute atomic E-state index is 0.0134. The monoisotopic (exact) mass is 281 g/mol. The molecule has 19 heavy (non-hydrogen) atoms. The zero-order valence-corrected chi connectivity index (χ0v) is 11.0. The van der Waals surface area contributed by atoms with Crippen LogP contribution in [0.25, 0.3) is 11.5 Å². The van der Waals surface area contributed by atoms with Crippen LogP contribution < -0.4 is 5.32 Å². The largest absolute Gasteiger partial charge is 0.334 e. The number of hydrogen-bond acceptors (Lipinski definition) is 4. The van der Waals surface area contributed by atoms with E-state index in [1.807, 2.05) is 0 Å². The highest BCUT2D eigenvalue weighted by molar-refractivity contribution is 6.33. The van der Waals surface area contributed by atoms with E-state index < -0.39 is 5.82 Å². The van der Waals surface area contributed by atoms with E-state index in [0.29, 0.717) is 11.4 Å². The lowest BCUT2D eigenvalue weighted by Gasteiger charge is -2.19. The third-order valence-electron chi connectivity index (χ3n) is 3.29. The third-order valence-corrected chi connectivity index (χ3v) is 3.67. The Morgan fingerprint density at radius 3 is 3.11 bits per heavy atom. The molecule has 0 amide bonds. The standard InChI is InChI=1S/C13H13ClFN3O/c14-11-9(4-1-5-10(11)15)13-17-12(18-19-13)8-3-2-6-16-7-8/h1,4-5,8,16H,2-3,6-7H2. The lowest BCUT2D eigenvalue weighted by atomic mass is 9.99. The first-order valence-electron chi connectivity index (χ1n) is 6.24. The second kappa shape index (κ2) is 5.27. The van der Waals surface area contributed by atoms with E-state index >= 15 is 0 Å². The smallest absolute Gasteiger partial charge is 0.259 e. The summed E-state index contributed by atoms with van der Waals surface area (Å²) in [6, 6.07) is 4.54. The van der Waals surface area contributed by atoms with Crippen molar-refractivity contribution in [1.29, 1.82) is 0 Å². The Morgan fingerprint density at radius 1 is 1.42 bits per heavy atom. The molecule has 1 saturated heterocycles. The average Bonchev–Trinajstić information content (AvgIpc) is 2.92. The second-order valence-corrected chi connectivity index (χ2v) is 4.98. The van der Waals surface area contributed by atoms with Gasteiger partial charge in [-0.3, -0.25) is 0 Å². The molecule has 0 radical (unpaired) electrons. The molecule has 1 aromatic heterocycles. The van der Waals surface area contributed by atoms with Crippen LogP contribution in [0, 0.1) is 5.82 Å². The molecule has 1 aliphatic rings. The Balaban J connectivity index is 1.90. The molecule has 1 atom stereocenters. The van der Waals surface area contributed by atoms with Gasteiger partial charge in [-0.1, -0.05) is 22.8 Å². The number of hydrogen-bond donors (Lipinski definition) is 1. The zero-order chi connectivity index (χ0) is 13.2. The predicted molar refractivity (Wildman–Crippen MR) is 69.5 cm³/mol. The third kappa shape index (κ3) is 2.48. The molecule has 2 heterocycles. The van der Waals surface area contributed by atoms with Crippen LogP contribution in [0.2, 0.25) is 5.02 Å². The van der Waals surface area contributed by atoms with Gasteiger partial charge < -0.3 is 9.84 Å². The molecule has 1 fully saturated rings. The Bertz CT molecular complexity index is 581. The van der Waals surface area contributed by atoms with Gasteiger partial charge in [-0.15, -0.1) is 0 Å². The number of aromatic nitrogens is 2. The molecule has 2 aromatic rings. The van der Waals surface area contributed by atoms with Gasteiger partial charge in [-0.05, 0) is 31.5 Å². The van der Waals surface area contributed by atoms with Crippen LogP contribution in [-0.2, 0) is 0 Å². The van der Waals surface area contributed by atoms with Crippen molar-refractivity contribution in [2.45, 2.75) is 18.8 Å². The van der Waals surface area contributed by atoms with E-state index in [-0.39, 0.29) is 16.8 Å². The molecule has 6 heteroatoms. The van der Waals surface area contributed by atoms with Crippen LogP contribution in [0.1, 0.15) is 24.6 Å². The molecule has 0 aliphatic carbocycles. The van der Waals surface area contributed by atoms with Crippen molar-refractivity contribution in [3.05, 3.63) is 34.9 Å². The zero-order valence-electron chi connectivity index (χ0n) is 10.2. The number of rotatable bonds is 2. The number of benzene rings is 1. The summed E-state index contributed by atoms with van der Waals surface area (Å²) in [5.41, 5.74) is 0.434. The van der Waals surface area contributed by atoms with Crippen LogP contribution in [0.3, 0.4) is 0 Å². The molecule has 1 N–H and O–H groups in total. The average molecular weight is 282 g/mol. The molecule has 1 aromatic carbocycles. The molecule has 0 saturated carbocycles. The summed E-state index contributed by atoms with van der Waals surface area (Å²) in [7, 11) is 0. The SMILES string of the molecule is Fc1cccc(-c2nc(C3CCCNC3)no2)c1Cl. The number of nitrogens with one attached hydrogen (secondary N) is 1. The van der Waals surface area contributed by atoms with Gasteiger partial charge in [0, 0.05) is 12.5 Å². The minimum atomic E-state index is -0.488. The highest BCUT2D eigenvalue weighted by atomic mass is 35.5. The van der Waals surface area contributed by atoms with Crippen LogP contribution in [0.4, 0.5) is 4.39 Å². The Labute approximate surface area is 115 Å². The van der Waals surface area contributed by atoms with E-state index in [4.69, 9.17) is 16.1 Å². The fourth-order valence-corrected chi connectivity index (χ4v) is 2.46. The van der Waals surface area contributed by atoms with Crippen molar-refractivity contribution < 1.29 is 8.91 Å². The Morgan fingerprint density at radius 2 is 2.32 bits per heavy atom. The highest BCUT2D eigenvalue weighted by Gasteiger charge is 2.22. The van der Waals surface area contributed by atoms with Crippen molar-refractivity contribution in [3.8, 4) is 11.5 Å². The summed E-state index contributed by atoms with van der Waals surface area (Å²) in [5.74, 6) is 0.685. The van der Waals surface area contributed by atoms with Gasteiger partial charge in [0.1, 0.15) is 5.82 Å². The van der Waals surface area contributed by atoms with Gasteiger partial charge in [0.2, 0.25) is 0 Å². The second-order valence-electron chi connectivity index (χ2n) is 4.60. The molecular weight excluding hydrogens is 269 g/mol. The summed E-state index contributed by atoms with van der Waals surface area (Å²) in [5, 5.41) is 7.29. The van der Waals surface area contributed by atoms with Gasteiger partial charge in [0.05, 0.1) is 10.6 Å². The fourth-order valence-electron chi connectivity index (χ4n) is 2.25. The molecule has 100 valence electrons. The van der Waals surface area contributed by atoms with E-state index in [0.717, 1.165) is 25.9 Å². The molecule has 0 spiro atoms.